The second-order valence-corrected chi connectivity index (χ2v) is 8.66. The summed E-state index contributed by atoms with van der Waals surface area (Å²) in [5.41, 5.74) is 2.80. The van der Waals surface area contributed by atoms with E-state index in [4.69, 9.17) is 0 Å². The van der Waals surface area contributed by atoms with Gasteiger partial charge in [0.15, 0.2) is 5.16 Å². The van der Waals surface area contributed by atoms with E-state index in [-0.39, 0.29) is 11.2 Å². The molecule has 0 radical (unpaired) electrons. The van der Waals surface area contributed by atoms with E-state index in [0.717, 1.165) is 42.9 Å². The minimum atomic E-state index is -0.701. The number of amides is 1. The van der Waals surface area contributed by atoms with Crippen LogP contribution in [0.5, 0.6) is 0 Å². The van der Waals surface area contributed by atoms with Gasteiger partial charge in [-0.05, 0) is 56.9 Å². The van der Waals surface area contributed by atoms with Crippen molar-refractivity contribution in [1.82, 2.24) is 14.9 Å². The maximum absolute atomic E-state index is 12.7. The number of thioether (sulfide) groups is 1. The molecule has 0 saturated heterocycles. The van der Waals surface area contributed by atoms with Gasteiger partial charge in [-0.15, -0.1) is 0 Å². The molecule has 3 rings (SSSR count). The lowest BCUT2D eigenvalue weighted by Gasteiger charge is -2.32. The molecule has 1 saturated carbocycles. The van der Waals surface area contributed by atoms with E-state index in [1.165, 1.54) is 22.9 Å². The highest BCUT2D eigenvalue weighted by atomic mass is 32.2. The van der Waals surface area contributed by atoms with Crippen LogP contribution in [-0.4, -0.2) is 26.2 Å². The Morgan fingerprint density at radius 1 is 1.30 bits per heavy atom. The molecule has 0 aliphatic heterocycles. The van der Waals surface area contributed by atoms with Crippen molar-refractivity contribution < 1.29 is 4.79 Å². The van der Waals surface area contributed by atoms with Crippen LogP contribution >= 0.6 is 11.8 Å². The third-order valence-corrected chi connectivity index (χ3v) is 6.39. The number of nitriles is 1. The lowest BCUT2D eigenvalue weighted by Crippen LogP contribution is -2.50. The predicted octanol–water partition coefficient (Wildman–Crippen LogP) is 4.31. The number of rotatable bonds is 5. The number of nitrogens with one attached hydrogen (secondary N) is 1. The molecule has 1 fully saturated rings. The van der Waals surface area contributed by atoms with Crippen molar-refractivity contribution in [3.05, 3.63) is 41.7 Å². The van der Waals surface area contributed by atoms with E-state index in [1.807, 2.05) is 17.7 Å². The molecule has 1 N–H and O–H groups in total. The lowest BCUT2D eigenvalue weighted by molar-refractivity contribution is -0.121. The molecule has 6 heteroatoms. The van der Waals surface area contributed by atoms with Gasteiger partial charge < -0.3 is 5.32 Å². The summed E-state index contributed by atoms with van der Waals surface area (Å²) < 4.78 is 2.00. The minimum absolute atomic E-state index is 0.0990. The van der Waals surface area contributed by atoms with Gasteiger partial charge in [-0.3, -0.25) is 9.36 Å². The number of hydrogen-bond acceptors (Lipinski definition) is 4. The standard InChI is InChI=1S/C21H26N4OS/c1-15-7-8-18(13-16(15)2)25-12-11-23-20(25)27-17(3)19(26)24-21(14-22)9-5-4-6-10-21/h7-8,11-13,17H,4-6,9-10H2,1-3H3,(H,24,26). The third kappa shape index (κ3) is 4.36. The summed E-state index contributed by atoms with van der Waals surface area (Å²) in [5.74, 6) is -0.0990. The Bertz CT molecular complexity index is 861. The first-order valence-corrected chi connectivity index (χ1v) is 10.3. The Kier molecular flexibility index (Phi) is 5.91. The highest BCUT2D eigenvalue weighted by Gasteiger charge is 2.35. The Morgan fingerprint density at radius 2 is 2.04 bits per heavy atom. The zero-order valence-corrected chi connectivity index (χ0v) is 17.0. The molecule has 0 bridgehead atoms. The van der Waals surface area contributed by atoms with Gasteiger partial charge in [0, 0.05) is 18.1 Å². The molecule has 0 spiro atoms. The number of aryl methyl sites for hydroxylation is 2. The third-order valence-electron chi connectivity index (χ3n) is 5.31. The molecule has 5 nitrogen and oxygen atoms in total. The van der Waals surface area contributed by atoms with Crippen molar-refractivity contribution in [2.45, 2.75) is 68.8 Å². The van der Waals surface area contributed by atoms with E-state index in [1.54, 1.807) is 6.20 Å². The molecular weight excluding hydrogens is 356 g/mol. The summed E-state index contributed by atoms with van der Waals surface area (Å²) in [4.78, 5) is 17.2. The average molecular weight is 383 g/mol. The molecule has 1 unspecified atom stereocenters. The Balaban J connectivity index is 1.72. The summed E-state index contributed by atoms with van der Waals surface area (Å²) in [5, 5.41) is 13.0. The van der Waals surface area contributed by atoms with Gasteiger partial charge in [0.1, 0.15) is 5.54 Å². The van der Waals surface area contributed by atoms with Gasteiger partial charge in [0.2, 0.25) is 5.91 Å². The first kappa shape index (κ1) is 19.5. The number of carbonyl (C=O) groups is 1. The number of hydrogen-bond donors (Lipinski definition) is 1. The fourth-order valence-electron chi connectivity index (χ4n) is 3.42. The van der Waals surface area contributed by atoms with Crippen LogP contribution in [0.2, 0.25) is 0 Å². The zero-order valence-electron chi connectivity index (χ0n) is 16.2. The van der Waals surface area contributed by atoms with Crippen LogP contribution in [0.15, 0.2) is 35.7 Å². The van der Waals surface area contributed by atoms with Crippen molar-refractivity contribution >= 4 is 17.7 Å². The predicted molar refractivity (Wildman–Crippen MR) is 108 cm³/mol. The molecule has 1 aliphatic carbocycles. The van der Waals surface area contributed by atoms with Crippen LogP contribution in [-0.2, 0) is 4.79 Å². The van der Waals surface area contributed by atoms with Crippen molar-refractivity contribution in [2.24, 2.45) is 0 Å². The number of benzene rings is 1. The van der Waals surface area contributed by atoms with Gasteiger partial charge in [-0.25, -0.2) is 4.98 Å². The fraction of sp³-hybridized carbons (Fsp3) is 0.476. The number of carbonyl (C=O) groups excluding carboxylic acids is 1. The second-order valence-electron chi connectivity index (χ2n) is 7.35. The largest absolute Gasteiger partial charge is 0.337 e. The molecule has 27 heavy (non-hydrogen) atoms. The van der Waals surface area contributed by atoms with E-state index < -0.39 is 5.54 Å². The summed E-state index contributed by atoms with van der Waals surface area (Å²) >= 11 is 1.42. The van der Waals surface area contributed by atoms with Crippen molar-refractivity contribution in [3.8, 4) is 11.8 Å². The maximum atomic E-state index is 12.7. The van der Waals surface area contributed by atoms with E-state index in [0.29, 0.717) is 0 Å². The van der Waals surface area contributed by atoms with Crippen LogP contribution in [0.25, 0.3) is 5.69 Å². The van der Waals surface area contributed by atoms with E-state index in [9.17, 15) is 10.1 Å². The normalized spacial score (nSPS) is 17.1. The van der Waals surface area contributed by atoms with Gasteiger partial charge in [0.25, 0.3) is 0 Å². The molecule has 1 atom stereocenters. The number of nitrogens with zero attached hydrogens (tertiary/aromatic N) is 3. The molecule has 2 aromatic rings. The Morgan fingerprint density at radius 3 is 2.70 bits per heavy atom. The van der Waals surface area contributed by atoms with Crippen LogP contribution in [0.4, 0.5) is 0 Å². The van der Waals surface area contributed by atoms with Crippen LogP contribution < -0.4 is 5.32 Å². The highest BCUT2D eigenvalue weighted by molar-refractivity contribution is 8.00. The first-order valence-electron chi connectivity index (χ1n) is 9.45. The monoisotopic (exact) mass is 382 g/mol. The average Bonchev–Trinajstić information content (AvgIpc) is 3.12. The van der Waals surface area contributed by atoms with Gasteiger partial charge in [-0.1, -0.05) is 37.1 Å². The van der Waals surface area contributed by atoms with Gasteiger partial charge >= 0.3 is 0 Å². The molecule has 1 aliphatic rings. The molecule has 1 amide bonds. The second kappa shape index (κ2) is 8.18. The van der Waals surface area contributed by atoms with Crippen molar-refractivity contribution in [3.63, 3.8) is 0 Å². The summed E-state index contributed by atoms with van der Waals surface area (Å²) in [6.45, 7) is 6.04. The first-order chi connectivity index (χ1) is 12.9. The summed E-state index contributed by atoms with van der Waals surface area (Å²) in [6, 6.07) is 8.63. The van der Waals surface area contributed by atoms with Gasteiger partial charge in [-0.2, -0.15) is 5.26 Å². The molecule has 1 aromatic heterocycles. The minimum Gasteiger partial charge on any atom is -0.337 e. The summed E-state index contributed by atoms with van der Waals surface area (Å²) in [7, 11) is 0. The number of aromatic nitrogens is 2. The Labute approximate surface area is 165 Å². The van der Waals surface area contributed by atoms with Crippen molar-refractivity contribution in [2.75, 3.05) is 0 Å². The number of imidazole rings is 1. The van der Waals surface area contributed by atoms with Crippen LogP contribution in [0, 0.1) is 25.2 Å². The topological polar surface area (TPSA) is 70.7 Å². The van der Waals surface area contributed by atoms with E-state index in [2.05, 4.69) is 48.4 Å². The fourth-order valence-corrected chi connectivity index (χ4v) is 4.30. The Hall–Kier alpha value is -2.26. The van der Waals surface area contributed by atoms with Crippen molar-refractivity contribution in [1.29, 1.82) is 5.26 Å². The molecule has 142 valence electrons. The smallest absolute Gasteiger partial charge is 0.234 e. The SMILES string of the molecule is Cc1ccc(-n2ccnc2SC(C)C(=O)NC2(C#N)CCCCC2)cc1C. The highest BCUT2D eigenvalue weighted by Crippen LogP contribution is 2.30. The maximum Gasteiger partial charge on any atom is 0.234 e. The molecular formula is C21H26N4OS. The van der Waals surface area contributed by atoms with Gasteiger partial charge in [0.05, 0.1) is 11.3 Å². The molecule has 1 heterocycles. The van der Waals surface area contributed by atoms with E-state index >= 15 is 0 Å². The van der Waals surface area contributed by atoms with Crippen LogP contribution in [0.3, 0.4) is 0 Å². The quantitative estimate of drug-likeness (QED) is 0.782. The lowest BCUT2D eigenvalue weighted by atomic mass is 9.83. The van der Waals surface area contributed by atoms with Crippen LogP contribution in [0.1, 0.15) is 50.2 Å². The zero-order chi connectivity index (χ0) is 19.4. The molecule has 1 aromatic carbocycles. The summed E-state index contributed by atoms with van der Waals surface area (Å²) in [6.07, 6.45) is 8.26.